The van der Waals surface area contributed by atoms with Crippen molar-refractivity contribution in [2.45, 2.75) is 6.92 Å². The Balaban J connectivity index is 2.02. The average molecular weight is 299 g/mol. The van der Waals surface area contributed by atoms with Crippen LogP contribution in [-0.4, -0.2) is 16.4 Å². The van der Waals surface area contributed by atoms with Gasteiger partial charge in [0.2, 0.25) is 0 Å². The lowest BCUT2D eigenvalue weighted by Gasteiger charge is -2.05. The van der Waals surface area contributed by atoms with Gasteiger partial charge in [0.05, 0.1) is 5.71 Å². The molecule has 0 radical (unpaired) electrons. The number of benzene rings is 2. The SMILES string of the molecule is CC(=NN=C(c1ccccc1)c1ccccc1)c1cccnc1. The summed E-state index contributed by atoms with van der Waals surface area (Å²) in [5.41, 5.74) is 4.75. The van der Waals surface area contributed by atoms with E-state index in [4.69, 9.17) is 0 Å². The molecule has 0 fully saturated rings. The molecule has 0 amide bonds. The second-order valence-electron chi connectivity index (χ2n) is 5.11. The van der Waals surface area contributed by atoms with Gasteiger partial charge in [-0.2, -0.15) is 5.10 Å². The van der Waals surface area contributed by atoms with Gasteiger partial charge in [-0.25, -0.2) is 0 Å². The maximum atomic E-state index is 4.52. The molecule has 3 nitrogen and oxygen atoms in total. The lowest BCUT2D eigenvalue weighted by atomic mass is 10.0. The fraction of sp³-hybridized carbons (Fsp3) is 0.0500. The molecule has 2 aromatic carbocycles. The van der Waals surface area contributed by atoms with Crippen LogP contribution in [0.15, 0.2) is 95.4 Å². The predicted molar refractivity (Wildman–Crippen MR) is 95.0 cm³/mol. The summed E-state index contributed by atoms with van der Waals surface area (Å²) in [7, 11) is 0. The van der Waals surface area contributed by atoms with Gasteiger partial charge in [-0.05, 0) is 13.0 Å². The van der Waals surface area contributed by atoms with Gasteiger partial charge >= 0.3 is 0 Å². The molecule has 1 heterocycles. The van der Waals surface area contributed by atoms with Crippen molar-refractivity contribution in [2.75, 3.05) is 0 Å². The largest absolute Gasteiger partial charge is 0.264 e. The predicted octanol–water partition coefficient (Wildman–Crippen LogP) is 4.34. The first kappa shape index (κ1) is 14.9. The summed E-state index contributed by atoms with van der Waals surface area (Å²) in [5.74, 6) is 0. The Morgan fingerprint density at radius 1 is 0.696 bits per heavy atom. The third-order valence-corrected chi connectivity index (χ3v) is 3.47. The number of hydrogen-bond acceptors (Lipinski definition) is 3. The maximum Gasteiger partial charge on any atom is 0.100 e. The highest BCUT2D eigenvalue weighted by Gasteiger charge is 2.06. The van der Waals surface area contributed by atoms with Gasteiger partial charge in [-0.15, -0.1) is 5.10 Å². The molecule has 0 aliphatic carbocycles. The van der Waals surface area contributed by atoms with Crippen molar-refractivity contribution < 1.29 is 0 Å². The second-order valence-corrected chi connectivity index (χ2v) is 5.11. The van der Waals surface area contributed by atoms with Crippen LogP contribution in [0.4, 0.5) is 0 Å². The lowest BCUT2D eigenvalue weighted by Crippen LogP contribution is -2.03. The van der Waals surface area contributed by atoms with E-state index >= 15 is 0 Å². The molecule has 0 spiro atoms. The van der Waals surface area contributed by atoms with Crippen molar-refractivity contribution in [3.05, 3.63) is 102 Å². The molecule has 23 heavy (non-hydrogen) atoms. The van der Waals surface area contributed by atoms with E-state index in [1.807, 2.05) is 79.7 Å². The summed E-state index contributed by atoms with van der Waals surface area (Å²) < 4.78 is 0. The van der Waals surface area contributed by atoms with Crippen LogP contribution >= 0.6 is 0 Å². The number of aromatic nitrogens is 1. The van der Waals surface area contributed by atoms with Crippen molar-refractivity contribution in [2.24, 2.45) is 10.2 Å². The molecule has 0 aliphatic heterocycles. The fourth-order valence-electron chi connectivity index (χ4n) is 2.23. The molecular formula is C20H17N3. The van der Waals surface area contributed by atoms with E-state index in [9.17, 15) is 0 Å². The lowest BCUT2D eigenvalue weighted by molar-refractivity contribution is 1.21. The normalized spacial score (nSPS) is 11.1. The molecule has 0 saturated heterocycles. The van der Waals surface area contributed by atoms with E-state index in [1.165, 1.54) is 0 Å². The Morgan fingerprint density at radius 2 is 1.26 bits per heavy atom. The average Bonchev–Trinajstić information content (AvgIpc) is 2.64. The second kappa shape index (κ2) is 7.27. The first-order valence-corrected chi connectivity index (χ1v) is 7.48. The third-order valence-electron chi connectivity index (χ3n) is 3.47. The molecule has 0 aliphatic rings. The number of pyridine rings is 1. The van der Waals surface area contributed by atoms with Crippen molar-refractivity contribution >= 4 is 11.4 Å². The summed E-state index contributed by atoms with van der Waals surface area (Å²) in [5, 5.41) is 8.93. The van der Waals surface area contributed by atoms with Crippen LogP contribution < -0.4 is 0 Å². The molecule has 3 aromatic rings. The van der Waals surface area contributed by atoms with Crippen LogP contribution in [-0.2, 0) is 0 Å². The molecule has 0 N–H and O–H groups in total. The van der Waals surface area contributed by atoms with Gasteiger partial charge in [-0.3, -0.25) is 4.98 Å². The van der Waals surface area contributed by atoms with Crippen LogP contribution in [0.3, 0.4) is 0 Å². The van der Waals surface area contributed by atoms with Crippen LogP contribution in [0.1, 0.15) is 23.6 Å². The first-order chi connectivity index (χ1) is 11.3. The molecule has 1 aromatic heterocycles. The van der Waals surface area contributed by atoms with Gasteiger partial charge < -0.3 is 0 Å². The van der Waals surface area contributed by atoms with E-state index in [1.54, 1.807) is 12.4 Å². The summed E-state index contributed by atoms with van der Waals surface area (Å²) >= 11 is 0. The van der Waals surface area contributed by atoms with E-state index in [2.05, 4.69) is 15.2 Å². The Hall–Kier alpha value is -3.07. The number of nitrogens with zero attached hydrogens (tertiary/aromatic N) is 3. The van der Waals surface area contributed by atoms with E-state index < -0.39 is 0 Å². The third kappa shape index (κ3) is 3.77. The number of hydrogen-bond donors (Lipinski definition) is 0. The highest BCUT2D eigenvalue weighted by Crippen LogP contribution is 2.11. The van der Waals surface area contributed by atoms with Crippen LogP contribution in [0, 0.1) is 0 Å². The maximum absolute atomic E-state index is 4.52. The quantitative estimate of drug-likeness (QED) is 0.521. The Morgan fingerprint density at radius 3 is 1.78 bits per heavy atom. The molecule has 3 rings (SSSR count). The van der Waals surface area contributed by atoms with E-state index in [0.29, 0.717) is 0 Å². The van der Waals surface area contributed by atoms with Crippen LogP contribution in [0.5, 0.6) is 0 Å². The Bertz CT molecular complexity index is 766. The zero-order valence-corrected chi connectivity index (χ0v) is 12.9. The standard InChI is InChI=1S/C20H17N3/c1-16(19-13-8-14-21-15-19)22-23-20(17-9-4-2-5-10-17)18-11-6-3-7-12-18/h2-15H,1H3. The van der Waals surface area contributed by atoms with Crippen molar-refractivity contribution in [3.63, 3.8) is 0 Å². The van der Waals surface area contributed by atoms with Crippen molar-refractivity contribution in [1.29, 1.82) is 0 Å². The van der Waals surface area contributed by atoms with Crippen molar-refractivity contribution in [1.82, 2.24) is 4.98 Å². The smallest absolute Gasteiger partial charge is 0.100 e. The zero-order valence-electron chi connectivity index (χ0n) is 12.9. The molecule has 112 valence electrons. The summed E-state index contributed by atoms with van der Waals surface area (Å²) in [4.78, 5) is 4.12. The topological polar surface area (TPSA) is 37.6 Å². The highest BCUT2D eigenvalue weighted by atomic mass is 15.2. The molecule has 0 atom stereocenters. The van der Waals surface area contributed by atoms with Crippen LogP contribution in [0.2, 0.25) is 0 Å². The van der Waals surface area contributed by atoms with E-state index in [0.717, 1.165) is 28.1 Å². The highest BCUT2D eigenvalue weighted by molar-refractivity contribution is 6.13. The minimum Gasteiger partial charge on any atom is -0.264 e. The van der Waals surface area contributed by atoms with Gasteiger partial charge in [-0.1, -0.05) is 66.7 Å². The minimum absolute atomic E-state index is 0.836. The van der Waals surface area contributed by atoms with Gasteiger partial charge in [0, 0.05) is 29.1 Å². The fourth-order valence-corrected chi connectivity index (χ4v) is 2.23. The zero-order chi connectivity index (χ0) is 15.9. The van der Waals surface area contributed by atoms with Gasteiger partial charge in [0.1, 0.15) is 5.71 Å². The Kier molecular flexibility index (Phi) is 4.69. The Labute approximate surface area is 136 Å². The summed E-state index contributed by atoms with van der Waals surface area (Å²) in [6.07, 6.45) is 3.54. The molecular weight excluding hydrogens is 282 g/mol. The summed E-state index contributed by atoms with van der Waals surface area (Å²) in [6.45, 7) is 1.94. The minimum atomic E-state index is 0.836. The summed E-state index contributed by atoms with van der Waals surface area (Å²) in [6, 6.07) is 24.1. The molecule has 0 saturated carbocycles. The molecule has 0 bridgehead atoms. The monoisotopic (exact) mass is 299 g/mol. The van der Waals surface area contributed by atoms with Crippen molar-refractivity contribution in [3.8, 4) is 0 Å². The molecule has 0 unspecified atom stereocenters. The van der Waals surface area contributed by atoms with Gasteiger partial charge in [0.25, 0.3) is 0 Å². The van der Waals surface area contributed by atoms with Crippen LogP contribution in [0.25, 0.3) is 0 Å². The van der Waals surface area contributed by atoms with Gasteiger partial charge in [0.15, 0.2) is 0 Å². The number of rotatable bonds is 4. The first-order valence-electron chi connectivity index (χ1n) is 7.48. The molecule has 3 heteroatoms. The van der Waals surface area contributed by atoms with E-state index in [-0.39, 0.29) is 0 Å².